The van der Waals surface area contributed by atoms with Crippen molar-refractivity contribution in [1.82, 2.24) is 9.47 Å². The van der Waals surface area contributed by atoms with Crippen molar-refractivity contribution in [3.05, 3.63) is 58.0 Å². The number of rotatable bonds is 5. The summed E-state index contributed by atoms with van der Waals surface area (Å²) < 4.78 is 1.65. The molecular formula is C22H29N3O. The predicted molar refractivity (Wildman–Crippen MR) is 107 cm³/mol. The van der Waals surface area contributed by atoms with E-state index in [1.165, 1.54) is 42.7 Å². The molecule has 0 spiro atoms. The minimum atomic E-state index is 0.0265. The van der Waals surface area contributed by atoms with Gasteiger partial charge in [-0.3, -0.25) is 9.69 Å². The predicted octanol–water partition coefficient (Wildman–Crippen LogP) is 3.70. The van der Waals surface area contributed by atoms with Gasteiger partial charge in [0.25, 0.3) is 0 Å². The number of aromatic nitrogens is 1. The third-order valence-corrected chi connectivity index (χ3v) is 5.64. The molecule has 1 aliphatic carbocycles. The number of nitrogens with zero attached hydrogens (tertiary/aromatic N) is 3. The Hall–Kier alpha value is -2.07. The molecule has 0 saturated heterocycles. The molecule has 4 heteroatoms. The molecule has 0 amide bonds. The van der Waals surface area contributed by atoms with Crippen LogP contribution >= 0.6 is 0 Å². The van der Waals surface area contributed by atoms with E-state index in [4.69, 9.17) is 0 Å². The summed E-state index contributed by atoms with van der Waals surface area (Å²) >= 11 is 0. The van der Waals surface area contributed by atoms with Crippen molar-refractivity contribution in [3.63, 3.8) is 0 Å². The van der Waals surface area contributed by atoms with Gasteiger partial charge >= 0.3 is 0 Å². The summed E-state index contributed by atoms with van der Waals surface area (Å²) in [6.07, 6.45) is 5.92. The Morgan fingerprint density at radius 3 is 2.58 bits per heavy atom. The summed E-state index contributed by atoms with van der Waals surface area (Å²) in [6.45, 7) is 7.92. The summed E-state index contributed by atoms with van der Waals surface area (Å²) in [7, 11) is 1.81. The van der Waals surface area contributed by atoms with Gasteiger partial charge in [0.1, 0.15) is 0 Å². The van der Waals surface area contributed by atoms with Gasteiger partial charge in [0.15, 0.2) is 0 Å². The van der Waals surface area contributed by atoms with Gasteiger partial charge in [-0.2, -0.15) is 0 Å². The monoisotopic (exact) mass is 351 g/mol. The fourth-order valence-electron chi connectivity index (χ4n) is 4.04. The second-order valence-electron chi connectivity index (χ2n) is 8.18. The zero-order chi connectivity index (χ0) is 18.3. The molecule has 1 aliphatic heterocycles. The fraction of sp³-hybridized carbons (Fsp3) is 0.500. The number of hydrogen-bond acceptors (Lipinski definition) is 3. The first-order chi connectivity index (χ1) is 12.5. The van der Waals surface area contributed by atoms with Crippen LogP contribution in [0.25, 0.3) is 0 Å². The van der Waals surface area contributed by atoms with E-state index in [0.717, 1.165) is 24.6 Å². The molecule has 4 nitrogen and oxygen atoms in total. The molecule has 0 atom stereocenters. The topological polar surface area (TPSA) is 28.5 Å². The molecule has 1 aromatic carbocycles. The molecule has 0 radical (unpaired) electrons. The third kappa shape index (κ3) is 3.56. The average molecular weight is 351 g/mol. The van der Waals surface area contributed by atoms with Crippen LogP contribution in [0.15, 0.2) is 41.3 Å². The first-order valence-electron chi connectivity index (χ1n) is 9.81. The van der Waals surface area contributed by atoms with E-state index in [1.807, 2.05) is 19.3 Å². The minimum Gasteiger partial charge on any atom is -0.338 e. The molecule has 138 valence electrons. The lowest BCUT2D eigenvalue weighted by Crippen LogP contribution is -2.33. The molecule has 26 heavy (non-hydrogen) atoms. The number of pyridine rings is 1. The zero-order valence-electron chi connectivity index (χ0n) is 16.1. The van der Waals surface area contributed by atoms with Crippen LogP contribution in [0.3, 0.4) is 0 Å². The lowest BCUT2D eigenvalue weighted by molar-refractivity contribution is 0.244. The molecule has 2 heterocycles. The highest BCUT2D eigenvalue weighted by Crippen LogP contribution is 2.34. The first kappa shape index (κ1) is 17.3. The van der Waals surface area contributed by atoms with Gasteiger partial charge in [0.05, 0.1) is 5.69 Å². The van der Waals surface area contributed by atoms with Crippen LogP contribution in [-0.4, -0.2) is 28.6 Å². The number of hydrogen-bond donors (Lipinski definition) is 0. The normalized spacial score (nSPS) is 17.4. The van der Waals surface area contributed by atoms with Gasteiger partial charge in [-0.05, 0) is 68.4 Å². The van der Waals surface area contributed by atoms with Crippen molar-refractivity contribution in [2.24, 2.45) is 13.0 Å². The molecule has 1 saturated carbocycles. The Labute approximate surface area is 156 Å². The summed E-state index contributed by atoms with van der Waals surface area (Å²) in [5.74, 6) is 0.942. The molecule has 1 aromatic heterocycles. The molecule has 2 aromatic rings. The Kier molecular flexibility index (Phi) is 4.62. The highest BCUT2D eigenvalue weighted by atomic mass is 16.1. The largest absolute Gasteiger partial charge is 0.338 e. The van der Waals surface area contributed by atoms with Gasteiger partial charge in [0.2, 0.25) is 5.56 Å². The Bertz CT molecular complexity index is 851. The van der Waals surface area contributed by atoms with E-state index in [0.29, 0.717) is 6.04 Å². The SMILES string of the molecule is CC(C)N(c1ccc2c(c1)CN(CC1CC1)CC2)c1ccc(=O)n(C)c1. The second kappa shape index (κ2) is 6.92. The summed E-state index contributed by atoms with van der Waals surface area (Å²) in [5.41, 5.74) is 5.26. The number of aryl methyl sites for hydroxylation is 1. The van der Waals surface area contributed by atoms with Crippen LogP contribution in [0.1, 0.15) is 37.8 Å². The smallest absolute Gasteiger partial charge is 0.250 e. The first-order valence-corrected chi connectivity index (χ1v) is 9.81. The Balaban J connectivity index is 1.64. The van der Waals surface area contributed by atoms with Crippen LogP contribution in [0, 0.1) is 5.92 Å². The summed E-state index contributed by atoms with van der Waals surface area (Å²) in [4.78, 5) is 16.7. The van der Waals surface area contributed by atoms with Crippen molar-refractivity contribution >= 4 is 11.4 Å². The van der Waals surface area contributed by atoms with E-state index < -0.39 is 0 Å². The lowest BCUT2D eigenvalue weighted by atomic mass is 9.98. The van der Waals surface area contributed by atoms with Crippen LogP contribution in [0.4, 0.5) is 11.4 Å². The summed E-state index contributed by atoms with van der Waals surface area (Å²) in [6, 6.07) is 10.8. The number of fused-ring (bicyclic) bond motifs is 1. The van der Waals surface area contributed by atoms with Gasteiger partial charge in [0, 0.05) is 50.7 Å². The number of benzene rings is 1. The molecule has 0 N–H and O–H groups in total. The van der Waals surface area contributed by atoms with Crippen molar-refractivity contribution in [2.75, 3.05) is 18.0 Å². The van der Waals surface area contributed by atoms with Gasteiger partial charge in [-0.1, -0.05) is 6.07 Å². The van der Waals surface area contributed by atoms with Gasteiger partial charge in [-0.15, -0.1) is 0 Å². The standard InChI is InChI=1S/C22H29N3O/c1-16(2)25(21-8-9-22(26)23(3)15-21)20-7-6-18-10-11-24(13-17-4-5-17)14-19(18)12-20/h6-9,12,15-17H,4-5,10-11,13-14H2,1-3H3. The quantitative estimate of drug-likeness (QED) is 0.822. The van der Waals surface area contributed by atoms with Crippen LogP contribution in [0.2, 0.25) is 0 Å². The van der Waals surface area contributed by atoms with Crippen LogP contribution in [-0.2, 0) is 20.0 Å². The Morgan fingerprint density at radius 1 is 1.12 bits per heavy atom. The highest BCUT2D eigenvalue weighted by Gasteiger charge is 2.26. The molecular weight excluding hydrogens is 322 g/mol. The van der Waals surface area contributed by atoms with Gasteiger partial charge < -0.3 is 9.47 Å². The molecule has 4 rings (SSSR count). The van der Waals surface area contributed by atoms with E-state index in [1.54, 1.807) is 10.6 Å². The second-order valence-corrected chi connectivity index (χ2v) is 8.18. The van der Waals surface area contributed by atoms with Gasteiger partial charge in [-0.25, -0.2) is 0 Å². The minimum absolute atomic E-state index is 0.0265. The van der Waals surface area contributed by atoms with Crippen LogP contribution in [0.5, 0.6) is 0 Å². The maximum absolute atomic E-state index is 11.8. The van der Waals surface area contributed by atoms with Crippen molar-refractivity contribution in [3.8, 4) is 0 Å². The maximum Gasteiger partial charge on any atom is 0.250 e. The zero-order valence-corrected chi connectivity index (χ0v) is 16.1. The Morgan fingerprint density at radius 2 is 1.88 bits per heavy atom. The average Bonchev–Trinajstić information content (AvgIpc) is 3.41. The molecule has 2 aliphatic rings. The van der Waals surface area contributed by atoms with E-state index in [2.05, 4.69) is 41.8 Å². The van der Waals surface area contributed by atoms with Crippen molar-refractivity contribution in [1.29, 1.82) is 0 Å². The molecule has 0 bridgehead atoms. The third-order valence-electron chi connectivity index (χ3n) is 5.64. The maximum atomic E-state index is 11.8. The van der Waals surface area contributed by atoms with Crippen molar-refractivity contribution in [2.45, 2.75) is 45.7 Å². The highest BCUT2D eigenvalue weighted by molar-refractivity contribution is 5.64. The van der Waals surface area contributed by atoms with Crippen molar-refractivity contribution < 1.29 is 0 Å². The summed E-state index contributed by atoms with van der Waals surface area (Å²) in [5, 5.41) is 0. The van der Waals surface area contributed by atoms with E-state index >= 15 is 0 Å². The number of anilines is 2. The lowest BCUT2D eigenvalue weighted by Gasteiger charge is -2.33. The fourth-order valence-corrected chi connectivity index (χ4v) is 4.04. The van der Waals surface area contributed by atoms with Crippen LogP contribution < -0.4 is 10.5 Å². The molecule has 1 fully saturated rings. The van der Waals surface area contributed by atoms with E-state index in [-0.39, 0.29) is 5.56 Å². The van der Waals surface area contributed by atoms with E-state index in [9.17, 15) is 4.79 Å². The molecule has 0 unspecified atom stereocenters.